The van der Waals surface area contributed by atoms with E-state index < -0.39 is 0 Å². The Morgan fingerprint density at radius 2 is 1.93 bits per heavy atom. The molecule has 1 amide bonds. The fourth-order valence-corrected chi connectivity index (χ4v) is 3.73. The van der Waals surface area contributed by atoms with E-state index in [-0.39, 0.29) is 11.8 Å². The highest BCUT2D eigenvalue weighted by atomic mass is 16.5. The Morgan fingerprint density at radius 3 is 2.48 bits per heavy atom. The maximum absolute atomic E-state index is 11.3. The first-order valence-corrected chi connectivity index (χ1v) is 10.1. The molecular weight excluding hydrogens is 372 g/mol. The third kappa shape index (κ3) is 6.44. The van der Waals surface area contributed by atoms with Gasteiger partial charge in [0.05, 0.1) is 21.3 Å². The fraction of sp³-hybridized carbons (Fsp3) is 0.619. The summed E-state index contributed by atoms with van der Waals surface area (Å²) in [6, 6.07) is 3.71. The average Bonchev–Trinajstić information content (AvgIpc) is 2.72. The summed E-state index contributed by atoms with van der Waals surface area (Å²) in [5, 5.41) is 3.37. The van der Waals surface area contributed by atoms with Crippen molar-refractivity contribution in [3.63, 3.8) is 0 Å². The van der Waals surface area contributed by atoms with Gasteiger partial charge >= 0.3 is 0 Å². The third-order valence-electron chi connectivity index (χ3n) is 5.08. The van der Waals surface area contributed by atoms with Crippen LogP contribution in [0.3, 0.4) is 0 Å². The summed E-state index contributed by atoms with van der Waals surface area (Å²) >= 11 is 0. The number of benzene rings is 1. The number of rotatable bonds is 9. The zero-order valence-electron chi connectivity index (χ0n) is 18.0. The van der Waals surface area contributed by atoms with Gasteiger partial charge in [0.15, 0.2) is 5.96 Å². The molecule has 1 aromatic carbocycles. The van der Waals surface area contributed by atoms with Crippen molar-refractivity contribution >= 4 is 11.9 Å². The number of carbonyl (C=O) groups is 1. The van der Waals surface area contributed by atoms with Crippen molar-refractivity contribution in [1.29, 1.82) is 0 Å². The van der Waals surface area contributed by atoms with Gasteiger partial charge in [-0.2, -0.15) is 0 Å². The maximum atomic E-state index is 11.3. The molecule has 8 nitrogen and oxygen atoms in total. The van der Waals surface area contributed by atoms with Gasteiger partial charge in [-0.05, 0) is 32.1 Å². The molecule has 29 heavy (non-hydrogen) atoms. The smallest absolute Gasteiger partial charge is 0.217 e. The second kappa shape index (κ2) is 11.4. The zero-order valence-corrected chi connectivity index (χ0v) is 18.0. The number of carbonyl (C=O) groups excluding carboxylic acids is 1. The molecule has 0 spiro atoms. The van der Waals surface area contributed by atoms with Crippen LogP contribution in [0, 0.1) is 5.92 Å². The van der Waals surface area contributed by atoms with Crippen LogP contribution in [0.1, 0.15) is 31.7 Å². The normalized spacial score (nSPS) is 17.0. The average molecular weight is 407 g/mol. The Hall–Kier alpha value is -2.64. The summed E-state index contributed by atoms with van der Waals surface area (Å²) in [6.45, 7) is 5.14. The van der Waals surface area contributed by atoms with E-state index in [1.807, 2.05) is 12.1 Å². The summed E-state index contributed by atoms with van der Waals surface area (Å²) < 4.78 is 16.4. The van der Waals surface area contributed by atoms with Crippen LogP contribution in [0.25, 0.3) is 0 Å². The van der Waals surface area contributed by atoms with Crippen molar-refractivity contribution in [3.05, 3.63) is 17.7 Å². The number of ether oxygens (including phenoxy) is 3. The van der Waals surface area contributed by atoms with Crippen molar-refractivity contribution in [2.75, 3.05) is 47.5 Å². The summed E-state index contributed by atoms with van der Waals surface area (Å²) in [5.41, 5.74) is 6.35. The zero-order chi connectivity index (χ0) is 21.2. The van der Waals surface area contributed by atoms with Crippen molar-refractivity contribution < 1.29 is 19.0 Å². The lowest BCUT2D eigenvalue weighted by Gasteiger charge is -2.34. The number of guanidine groups is 1. The number of nitrogens with one attached hydrogen (secondary N) is 1. The minimum atomic E-state index is -0.238. The summed E-state index contributed by atoms with van der Waals surface area (Å²) in [4.78, 5) is 18.3. The summed E-state index contributed by atoms with van der Waals surface area (Å²) in [5.74, 6) is 3.05. The molecular formula is C21H34N4O4. The molecule has 1 saturated heterocycles. The van der Waals surface area contributed by atoms with E-state index >= 15 is 0 Å². The number of primary amides is 1. The molecule has 162 valence electrons. The lowest BCUT2D eigenvalue weighted by Crippen LogP contribution is -2.47. The van der Waals surface area contributed by atoms with Crippen molar-refractivity contribution in [1.82, 2.24) is 10.2 Å². The molecule has 3 N–H and O–H groups in total. The highest BCUT2D eigenvalue weighted by Crippen LogP contribution is 2.34. The summed E-state index contributed by atoms with van der Waals surface area (Å²) in [7, 11) is 4.89. The number of hydrogen-bond acceptors (Lipinski definition) is 5. The fourth-order valence-electron chi connectivity index (χ4n) is 3.73. The molecule has 1 aromatic rings. The van der Waals surface area contributed by atoms with E-state index in [2.05, 4.69) is 17.1 Å². The SMILES string of the molecule is CCNC(=NCCc1c(OC)cc(OC)cc1OC)N1CCCC(CC(N)=O)C1. The van der Waals surface area contributed by atoms with Crippen LogP contribution < -0.4 is 25.3 Å². The van der Waals surface area contributed by atoms with E-state index in [9.17, 15) is 4.79 Å². The Kier molecular flexibility index (Phi) is 8.89. The molecule has 1 unspecified atom stereocenters. The van der Waals surface area contributed by atoms with Crippen LogP contribution in [0.2, 0.25) is 0 Å². The minimum absolute atomic E-state index is 0.238. The third-order valence-corrected chi connectivity index (χ3v) is 5.08. The van der Waals surface area contributed by atoms with Gasteiger partial charge in [0.2, 0.25) is 5.91 Å². The standard InChI is InChI=1S/C21H34N4O4/c1-5-23-21(25-10-6-7-15(14-25)11-20(22)26)24-9-8-17-18(28-3)12-16(27-2)13-19(17)29-4/h12-13,15H,5-11,14H2,1-4H3,(H2,22,26)(H,23,24). The van der Waals surface area contributed by atoms with Gasteiger partial charge in [-0.15, -0.1) is 0 Å². The van der Waals surface area contributed by atoms with Gasteiger partial charge in [-0.3, -0.25) is 9.79 Å². The highest BCUT2D eigenvalue weighted by Gasteiger charge is 2.23. The second-order valence-corrected chi connectivity index (χ2v) is 7.12. The van der Waals surface area contributed by atoms with Gasteiger partial charge in [-0.25, -0.2) is 0 Å². The molecule has 2 rings (SSSR count). The van der Waals surface area contributed by atoms with Gasteiger partial charge in [0, 0.05) is 50.3 Å². The molecule has 1 aliphatic heterocycles. The molecule has 1 aliphatic rings. The molecule has 1 heterocycles. The Bertz CT molecular complexity index is 683. The van der Waals surface area contributed by atoms with Crippen LogP contribution in [0.4, 0.5) is 0 Å². The van der Waals surface area contributed by atoms with Crippen LogP contribution in [0.5, 0.6) is 17.2 Å². The van der Waals surface area contributed by atoms with Crippen LogP contribution in [0.15, 0.2) is 17.1 Å². The predicted molar refractivity (Wildman–Crippen MR) is 114 cm³/mol. The predicted octanol–water partition coefficient (Wildman–Crippen LogP) is 1.81. The minimum Gasteiger partial charge on any atom is -0.496 e. The molecule has 0 bridgehead atoms. The number of nitrogens with two attached hydrogens (primary N) is 1. The van der Waals surface area contributed by atoms with E-state index in [0.29, 0.717) is 25.1 Å². The van der Waals surface area contributed by atoms with Crippen molar-refractivity contribution in [2.45, 2.75) is 32.6 Å². The number of piperidine rings is 1. The lowest BCUT2D eigenvalue weighted by molar-refractivity contribution is -0.119. The number of likely N-dealkylation sites (tertiary alicyclic amines) is 1. The van der Waals surface area contributed by atoms with E-state index in [0.717, 1.165) is 55.5 Å². The monoisotopic (exact) mass is 406 g/mol. The van der Waals surface area contributed by atoms with E-state index in [1.165, 1.54) is 0 Å². The maximum Gasteiger partial charge on any atom is 0.217 e. The number of methoxy groups -OCH3 is 3. The molecule has 1 fully saturated rings. The van der Waals surface area contributed by atoms with Crippen LogP contribution in [-0.4, -0.2) is 64.3 Å². The molecule has 0 aliphatic carbocycles. The quantitative estimate of drug-likeness (QED) is 0.479. The molecule has 0 radical (unpaired) electrons. The topological polar surface area (TPSA) is 98.4 Å². The molecule has 8 heteroatoms. The molecule has 0 saturated carbocycles. The second-order valence-electron chi connectivity index (χ2n) is 7.12. The van der Waals surface area contributed by atoms with Gasteiger partial charge in [-0.1, -0.05) is 0 Å². The number of nitrogens with zero attached hydrogens (tertiary/aromatic N) is 2. The van der Waals surface area contributed by atoms with E-state index in [1.54, 1.807) is 21.3 Å². The number of hydrogen-bond donors (Lipinski definition) is 2. The largest absolute Gasteiger partial charge is 0.496 e. The first-order chi connectivity index (χ1) is 14.0. The van der Waals surface area contributed by atoms with Crippen LogP contribution >= 0.6 is 0 Å². The molecule has 0 aromatic heterocycles. The Balaban J connectivity index is 2.12. The Morgan fingerprint density at radius 1 is 1.24 bits per heavy atom. The van der Waals surface area contributed by atoms with Gasteiger partial charge in [0.1, 0.15) is 17.2 Å². The number of amides is 1. The first-order valence-electron chi connectivity index (χ1n) is 10.1. The first kappa shape index (κ1) is 22.6. The Labute approximate surface area is 173 Å². The van der Waals surface area contributed by atoms with Crippen molar-refractivity contribution in [2.24, 2.45) is 16.6 Å². The van der Waals surface area contributed by atoms with Crippen LogP contribution in [-0.2, 0) is 11.2 Å². The van der Waals surface area contributed by atoms with E-state index in [4.69, 9.17) is 24.9 Å². The van der Waals surface area contributed by atoms with Gasteiger partial charge < -0.3 is 30.2 Å². The summed E-state index contributed by atoms with van der Waals surface area (Å²) in [6.07, 6.45) is 3.15. The lowest BCUT2D eigenvalue weighted by atomic mass is 9.95. The highest BCUT2D eigenvalue weighted by molar-refractivity contribution is 5.80. The number of aliphatic imine (C=N–C) groups is 1. The molecule has 1 atom stereocenters. The van der Waals surface area contributed by atoms with Gasteiger partial charge in [0.25, 0.3) is 0 Å². The van der Waals surface area contributed by atoms with Crippen molar-refractivity contribution in [3.8, 4) is 17.2 Å².